The van der Waals surface area contributed by atoms with Gasteiger partial charge in [0.2, 0.25) is 0 Å². The quantitative estimate of drug-likeness (QED) is 0.856. The van der Waals surface area contributed by atoms with Crippen molar-refractivity contribution in [3.05, 3.63) is 23.5 Å². The van der Waals surface area contributed by atoms with Gasteiger partial charge in [-0.2, -0.15) is 0 Å². The third kappa shape index (κ3) is 3.21. The molecular formula is C14H22N2O2. The van der Waals surface area contributed by atoms with E-state index in [0.29, 0.717) is 12.6 Å². The second-order valence-corrected chi connectivity index (χ2v) is 5.27. The molecule has 1 fully saturated rings. The number of aryl methyl sites for hydroxylation is 1. The number of likely N-dealkylation sites (tertiary alicyclic amines) is 1. The Kier molecular flexibility index (Phi) is 4.19. The molecule has 4 heteroatoms. The maximum atomic E-state index is 9.82. The third-order valence-electron chi connectivity index (χ3n) is 3.55. The fraction of sp³-hybridized carbons (Fsp3) is 0.643. The molecule has 2 N–H and O–H groups in total. The summed E-state index contributed by atoms with van der Waals surface area (Å²) in [6.07, 6.45) is 2.81. The molecule has 18 heavy (non-hydrogen) atoms. The highest BCUT2D eigenvalue weighted by Crippen LogP contribution is 2.25. The van der Waals surface area contributed by atoms with Crippen LogP contribution in [0.15, 0.2) is 12.1 Å². The number of aromatic hydroxyl groups is 1. The van der Waals surface area contributed by atoms with Crippen LogP contribution in [0.4, 0.5) is 0 Å². The summed E-state index contributed by atoms with van der Waals surface area (Å²) in [6.45, 7) is 5.45. The zero-order chi connectivity index (χ0) is 13.1. The summed E-state index contributed by atoms with van der Waals surface area (Å²) < 4.78 is 0. The van der Waals surface area contributed by atoms with Gasteiger partial charge < -0.3 is 10.2 Å². The van der Waals surface area contributed by atoms with E-state index in [1.165, 1.54) is 0 Å². The number of nitrogens with zero attached hydrogens (tertiary/aromatic N) is 2. The molecule has 1 aliphatic rings. The molecule has 0 aliphatic carbocycles. The fourth-order valence-corrected chi connectivity index (χ4v) is 2.68. The Morgan fingerprint density at radius 3 is 3.00 bits per heavy atom. The van der Waals surface area contributed by atoms with Crippen molar-refractivity contribution >= 4 is 0 Å². The minimum absolute atomic E-state index is 0.267. The lowest BCUT2D eigenvalue weighted by atomic mass is 10.1. The van der Waals surface area contributed by atoms with Gasteiger partial charge >= 0.3 is 0 Å². The first-order valence-corrected chi connectivity index (χ1v) is 6.64. The summed E-state index contributed by atoms with van der Waals surface area (Å²) >= 11 is 0. The number of aromatic nitrogens is 1. The van der Waals surface area contributed by atoms with Gasteiger partial charge in [0.15, 0.2) is 0 Å². The van der Waals surface area contributed by atoms with Gasteiger partial charge in [0.25, 0.3) is 0 Å². The van der Waals surface area contributed by atoms with Gasteiger partial charge in [-0.05, 0) is 51.8 Å². The number of hydrogen-bond donors (Lipinski definition) is 2. The minimum Gasteiger partial charge on any atom is -0.506 e. The van der Waals surface area contributed by atoms with E-state index in [1.807, 2.05) is 19.9 Å². The minimum atomic E-state index is -0.269. The summed E-state index contributed by atoms with van der Waals surface area (Å²) in [6, 6.07) is 3.93. The van der Waals surface area contributed by atoms with E-state index < -0.39 is 0 Å². The Balaban J connectivity index is 2.05. The lowest BCUT2D eigenvalue weighted by Gasteiger charge is -2.25. The Labute approximate surface area is 108 Å². The normalized spacial score (nSPS) is 22.3. The van der Waals surface area contributed by atoms with E-state index in [-0.39, 0.29) is 11.9 Å². The van der Waals surface area contributed by atoms with Crippen LogP contribution in [0.2, 0.25) is 0 Å². The van der Waals surface area contributed by atoms with Crippen molar-refractivity contribution in [1.82, 2.24) is 9.88 Å². The monoisotopic (exact) mass is 250 g/mol. The van der Waals surface area contributed by atoms with E-state index in [1.54, 1.807) is 6.07 Å². The molecule has 2 heterocycles. The molecule has 2 unspecified atom stereocenters. The first-order valence-electron chi connectivity index (χ1n) is 6.64. The summed E-state index contributed by atoms with van der Waals surface area (Å²) in [5, 5.41) is 19.3. The second kappa shape index (κ2) is 5.67. The standard InChI is InChI=1S/C14H22N2O2/c1-10-5-6-14(18)13(15-10)9-16-7-3-4-12(16)8-11(2)17/h5-6,11-12,17-18H,3-4,7-9H2,1-2H3. The summed E-state index contributed by atoms with van der Waals surface area (Å²) in [5.74, 6) is 0.267. The number of pyridine rings is 1. The Morgan fingerprint density at radius 1 is 1.50 bits per heavy atom. The Morgan fingerprint density at radius 2 is 2.28 bits per heavy atom. The molecule has 2 atom stereocenters. The maximum absolute atomic E-state index is 9.82. The molecule has 1 aromatic heterocycles. The first kappa shape index (κ1) is 13.3. The van der Waals surface area contributed by atoms with Crippen LogP contribution in [0.1, 0.15) is 37.6 Å². The average molecular weight is 250 g/mol. The SMILES string of the molecule is Cc1ccc(O)c(CN2CCCC2CC(C)O)n1. The molecule has 4 nitrogen and oxygen atoms in total. The molecule has 0 aromatic carbocycles. The van der Waals surface area contributed by atoms with Crippen LogP contribution in [-0.2, 0) is 6.54 Å². The zero-order valence-corrected chi connectivity index (χ0v) is 11.1. The number of rotatable bonds is 4. The Bertz CT molecular complexity index is 407. The molecular weight excluding hydrogens is 228 g/mol. The highest BCUT2D eigenvalue weighted by molar-refractivity contribution is 5.27. The molecule has 0 amide bonds. The first-order chi connectivity index (χ1) is 8.56. The highest BCUT2D eigenvalue weighted by Gasteiger charge is 2.26. The van der Waals surface area contributed by atoms with Crippen LogP contribution in [0.3, 0.4) is 0 Å². The number of aliphatic hydroxyl groups is 1. The van der Waals surface area contributed by atoms with E-state index in [0.717, 1.165) is 37.2 Å². The molecule has 0 radical (unpaired) electrons. The lowest BCUT2D eigenvalue weighted by molar-refractivity contribution is 0.129. The summed E-state index contributed by atoms with van der Waals surface area (Å²) in [7, 11) is 0. The highest BCUT2D eigenvalue weighted by atomic mass is 16.3. The van der Waals surface area contributed by atoms with Crippen molar-refractivity contribution in [2.45, 2.75) is 51.8 Å². The van der Waals surface area contributed by atoms with Crippen molar-refractivity contribution in [3.63, 3.8) is 0 Å². The smallest absolute Gasteiger partial charge is 0.138 e. The van der Waals surface area contributed by atoms with Gasteiger partial charge in [-0.3, -0.25) is 9.88 Å². The maximum Gasteiger partial charge on any atom is 0.138 e. The van der Waals surface area contributed by atoms with E-state index in [4.69, 9.17) is 0 Å². The third-order valence-corrected chi connectivity index (χ3v) is 3.55. The molecule has 1 aromatic rings. The molecule has 1 aliphatic heterocycles. The van der Waals surface area contributed by atoms with Crippen molar-refractivity contribution < 1.29 is 10.2 Å². The van der Waals surface area contributed by atoms with Gasteiger partial charge in [0, 0.05) is 18.3 Å². The van der Waals surface area contributed by atoms with Crippen LogP contribution in [0.25, 0.3) is 0 Å². The van der Waals surface area contributed by atoms with Crippen LogP contribution in [0, 0.1) is 6.92 Å². The molecule has 1 saturated heterocycles. The van der Waals surface area contributed by atoms with Crippen LogP contribution in [0.5, 0.6) is 5.75 Å². The van der Waals surface area contributed by atoms with Gasteiger partial charge in [-0.1, -0.05) is 0 Å². The summed E-state index contributed by atoms with van der Waals surface area (Å²) in [5.41, 5.74) is 1.67. The van der Waals surface area contributed by atoms with E-state index in [9.17, 15) is 10.2 Å². The van der Waals surface area contributed by atoms with Crippen molar-refractivity contribution in [2.75, 3.05) is 6.54 Å². The predicted molar refractivity (Wildman–Crippen MR) is 70.4 cm³/mol. The predicted octanol–water partition coefficient (Wildman–Crippen LogP) is 1.83. The van der Waals surface area contributed by atoms with Gasteiger partial charge in [-0.25, -0.2) is 0 Å². The van der Waals surface area contributed by atoms with Gasteiger partial charge in [0.1, 0.15) is 5.75 Å². The fourth-order valence-electron chi connectivity index (χ4n) is 2.68. The molecule has 0 spiro atoms. The number of aliphatic hydroxyl groups excluding tert-OH is 1. The van der Waals surface area contributed by atoms with Gasteiger partial charge in [-0.15, -0.1) is 0 Å². The lowest BCUT2D eigenvalue weighted by Crippen LogP contribution is -2.31. The number of hydrogen-bond acceptors (Lipinski definition) is 4. The second-order valence-electron chi connectivity index (χ2n) is 5.27. The van der Waals surface area contributed by atoms with Crippen LogP contribution >= 0.6 is 0 Å². The van der Waals surface area contributed by atoms with Crippen LogP contribution in [-0.4, -0.2) is 38.8 Å². The Hall–Kier alpha value is -1.13. The van der Waals surface area contributed by atoms with Crippen LogP contribution < -0.4 is 0 Å². The van der Waals surface area contributed by atoms with Crippen molar-refractivity contribution in [1.29, 1.82) is 0 Å². The van der Waals surface area contributed by atoms with Crippen molar-refractivity contribution in [3.8, 4) is 5.75 Å². The topological polar surface area (TPSA) is 56.6 Å². The van der Waals surface area contributed by atoms with Crippen molar-refractivity contribution in [2.24, 2.45) is 0 Å². The summed E-state index contributed by atoms with van der Waals surface area (Å²) in [4.78, 5) is 6.71. The molecule has 2 rings (SSSR count). The van der Waals surface area contributed by atoms with Gasteiger partial charge in [0.05, 0.1) is 11.8 Å². The molecule has 0 bridgehead atoms. The average Bonchev–Trinajstić information content (AvgIpc) is 2.70. The molecule has 0 saturated carbocycles. The van der Waals surface area contributed by atoms with E-state index in [2.05, 4.69) is 9.88 Å². The van der Waals surface area contributed by atoms with E-state index >= 15 is 0 Å². The largest absolute Gasteiger partial charge is 0.506 e. The molecule has 100 valence electrons. The zero-order valence-electron chi connectivity index (χ0n) is 11.1.